The zero-order valence-corrected chi connectivity index (χ0v) is 11.9. The van der Waals surface area contributed by atoms with E-state index in [0.29, 0.717) is 5.56 Å². The molecule has 1 aliphatic rings. The minimum Gasteiger partial charge on any atom is -0.302 e. The summed E-state index contributed by atoms with van der Waals surface area (Å²) >= 11 is 0. The van der Waals surface area contributed by atoms with Crippen LogP contribution in [-0.2, 0) is 4.79 Å². The van der Waals surface area contributed by atoms with E-state index in [1.165, 1.54) is 0 Å². The van der Waals surface area contributed by atoms with Crippen LogP contribution < -0.4 is 10.9 Å². The molecule has 2 aromatic rings. The average Bonchev–Trinajstić information content (AvgIpc) is 2.73. The summed E-state index contributed by atoms with van der Waals surface area (Å²) in [5.41, 5.74) is 7.29. The smallest absolute Gasteiger partial charge is 0.249 e. The lowest BCUT2D eigenvalue weighted by atomic mass is 9.88. The number of nitriles is 1. The van der Waals surface area contributed by atoms with Crippen LogP contribution in [0.15, 0.2) is 42.1 Å². The Kier molecular flexibility index (Phi) is 2.91. The van der Waals surface area contributed by atoms with Gasteiger partial charge in [-0.25, -0.2) is 0 Å². The van der Waals surface area contributed by atoms with E-state index in [9.17, 15) is 10.1 Å². The molecule has 1 amide bonds. The van der Waals surface area contributed by atoms with E-state index in [2.05, 4.69) is 16.9 Å². The number of hydrazine groups is 1. The normalized spacial score (nSPS) is 18.3. The molecule has 1 aliphatic heterocycles. The third kappa shape index (κ3) is 2.13. The van der Waals surface area contributed by atoms with E-state index >= 15 is 0 Å². The molecule has 21 heavy (non-hydrogen) atoms. The van der Waals surface area contributed by atoms with Gasteiger partial charge in [0.05, 0.1) is 17.0 Å². The molecule has 1 saturated heterocycles. The number of rotatable bonds is 1. The highest BCUT2D eigenvalue weighted by Crippen LogP contribution is 2.31. The Morgan fingerprint density at radius 2 is 1.95 bits per heavy atom. The molecule has 2 aromatic carbocycles. The Hall–Kier alpha value is -2.80. The van der Waals surface area contributed by atoms with E-state index in [1.54, 1.807) is 0 Å². The van der Waals surface area contributed by atoms with Gasteiger partial charge in [-0.05, 0) is 48.4 Å². The molecule has 1 heterocycles. The summed E-state index contributed by atoms with van der Waals surface area (Å²) in [6, 6.07) is 13.8. The maximum atomic E-state index is 11.8. The van der Waals surface area contributed by atoms with Gasteiger partial charge in [0.15, 0.2) is 0 Å². The van der Waals surface area contributed by atoms with Gasteiger partial charge in [-0.1, -0.05) is 24.3 Å². The Labute approximate surface area is 123 Å². The van der Waals surface area contributed by atoms with E-state index in [0.717, 1.165) is 22.0 Å². The van der Waals surface area contributed by atoms with E-state index in [4.69, 9.17) is 0 Å². The van der Waals surface area contributed by atoms with Crippen molar-refractivity contribution in [2.45, 2.75) is 13.8 Å². The fraction of sp³-hybridized carbons (Fsp3) is 0.176. The summed E-state index contributed by atoms with van der Waals surface area (Å²) in [7, 11) is 0. The molecule has 2 N–H and O–H groups in total. The summed E-state index contributed by atoms with van der Waals surface area (Å²) in [5.74, 6) is -0.0607. The number of hydrogen-bond acceptors (Lipinski definition) is 3. The standard InChI is InChI=1S/C17H15N3O/c1-17(2)15(19-20-16(17)21)9-13-8-11(10-18)7-12-5-3-4-6-14(12)13/h3-9,19H,1-2H3,(H,20,21)/b15-9-. The number of amides is 1. The lowest BCUT2D eigenvalue weighted by Crippen LogP contribution is -2.28. The number of nitrogens with one attached hydrogen (secondary N) is 2. The first kappa shape index (κ1) is 13.2. The average molecular weight is 277 g/mol. The molecule has 0 saturated carbocycles. The van der Waals surface area contributed by atoms with Crippen LogP contribution in [-0.4, -0.2) is 5.91 Å². The Morgan fingerprint density at radius 1 is 1.19 bits per heavy atom. The van der Waals surface area contributed by atoms with E-state index in [1.807, 2.05) is 56.3 Å². The predicted octanol–water partition coefficient (Wildman–Crippen LogP) is 2.71. The minimum absolute atomic E-state index is 0.0607. The molecule has 4 nitrogen and oxygen atoms in total. The van der Waals surface area contributed by atoms with Crippen molar-refractivity contribution in [3.63, 3.8) is 0 Å². The Balaban J connectivity index is 2.21. The number of carbonyl (C=O) groups excluding carboxylic acids is 1. The Morgan fingerprint density at radius 3 is 2.62 bits per heavy atom. The van der Waals surface area contributed by atoms with Crippen LogP contribution in [0, 0.1) is 16.7 Å². The van der Waals surface area contributed by atoms with Gasteiger partial charge in [-0.2, -0.15) is 5.26 Å². The third-order valence-electron chi connectivity index (χ3n) is 3.87. The highest BCUT2D eigenvalue weighted by atomic mass is 16.2. The summed E-state index contributed by atoms with van der Waals surface area (Å²) in [6.07, 6.45) is 1.93. The molecule has 0 unspecified atom stereocenters. The van der Waals surface area contributed by atoms with Gasteiger partial charge in [0.2, 0.25) is 5.91 Å². The van der Waals surface area contributed by atoms with Crippen molar-refractivity contribution >= 4 is 22.8 Å². The monoisotopic (exact) mass is 277 g/mol. The highest BCUT2D eigenvalue weighted by molar-refractivity contribution is 5.94. The fourth-order valence-electron chi connectivity index (χ4n) is 2.46. The van der Waals surface area contributed by atoms with Crippen LogP contribution in [0.3, 0.4) is 0 Å². The molecular weight excluding hydrogens is 262 g/mol. The van der Waals surface area contributed by atoms with Crippen LogP contribution in [0.4, 0.5) is 0 Å². The molecule has 0 aliphatic carbocycles. The molecule has 0 radical (unpaired) electrons. The van der Waals surface area contributed by atoms with Gasteiger partial charge >= 0.3 is 0 Å². The van der Waals surface area contributed by atoms with Crippen LogP contribution in [0.5, 0.6) is 0 Å². The van der Waals surface area contributed by atoms with Crippen molar-refractivity contribution in [2.75, 3.05) is 0 Å². The van der Waals surface area contributed by atoms with Crippen molar-refractivity contribution in [3.8, 4) is 6.07 Å². The van der Waals surface area contributed by atoms with Gasteiger partial charge in [-0.3, -0.25) is 10.2 Å². The van der Waals surface area contributed by atoms with Crippen molar-refractivity contribution in [3.05, 3.63) is 53.2 Å². The molecule has 0 spiro atoms. The fourth-order valence-corrected chi connectivity index (χ4v) is 2.46. The number of hydrogen-bond donors (Lipinski definition) is 2. The van der Waals surface area contributed by atoms with Gasteiger partial charge < -0.3 is 5.43 Å². The number of benzene rings is 2. The molecule has 104 valence electrons. The third-order valence-corrected chi connectivity index (χ3v) is 3.87. The number of nitrogens with zero attached hydrogens (tertiary/aromatic N) is 1. The molecule has 0 aromatic heterocycles. The summed E-state index contributed by atoms with van der Waals surface area (Å²) < 4.78 is 0. The highest BCUT2D eigenvalue weighted by Gasteiger charge is 2.37. The second kappa shape index (κ2) is 4.64. The second-order valence-corrected chi connectivity index (χ2v) is 5.66. The van der Waals surface area contributed by atoms with Gasteiger partial charge in [-0.15, -0.1) is 0 Å². The molecule has 4 heteroatoms. The quantitative estimate of drug-likeness (QED) is 0.842. The van der Waals surface area contributed by atoms with Gasteiger partial charge in [0.25, 0.3) is 0 Å². The van der Waals surface area contributed by atoms with Gasteiger partial charge in [0.1, 0.15) is 0 Å². The van der Waals surface area contributed by atoms with Crippen molar-refractivity contribution in [1.82, 2.24) is 10.9 Å². The van der Waals surface area contributed by atoms with Crippen LogP contribution >= 0.6 is 0 Å². The summed E-state index contributed by atoms with van der Waals surface area (Å²) in [6.45, 7) is 3.73. The maximum absolute atomic E-state index is 11.8. The topological polar surface area (TPSA) is 64.9 Å². The zero-order valence-electron chi connectivity index (χ0n) is 11.9. The molecule has 0 atom stereocenters. The lowest BCUT2D eigenvalue weighted by molar-refractivity contribution is -0.125. The van der Waals surface area contributed by atoms with Gasteiger partial charge in [0, 0.05) is 5.70 Å². The summed E-state index contributed by atoms with van der Waals surface area (Å²) in [5, 5.41) is 11.2. The first-order chi connectivity index (χ1) is 10.0. The second-order valence-electron chi connectivity index (χ2n) is 5.66. The molecule has 0 bridgehead atoms. The molecule has 3 rings (SSSR count). The first-order valence-corrected chi connectivity index (χ1v) is 6.74. The van der Waals surface area contributed by atoms with Crippen molar-refractivity contribution < 1.29 is 4.79 Å². The van der Waals surface area contributed by atoms with Crippen LogP contribution in [0.2, 0.25) is 0 Å². The van der Waals surface area contributed by atoms with Crippen LogP contribution in [0.25, 0.3) is 16.8 Å². The SMILES string of the molecule is CC1(C)C(=O)NN/C1=C\c1cc(C#N)cc2ccccc12. The molecular formula is C17H15N3O. The lowest BCUT2D eigenvalue weighted by Gasteiger charge is -2.15. The van der Waals surface area contributed by atoms with Crippen molar-refractivity contribution in [1.29, 1.82) is 5.26 Å². The number of carbonyl (C=O) groups is 1. The number of fused-ring (bicyclic) bond motifs is 1. The first-order valence-electron chi connectivity index (χ1n) is 6.74. The van der Waals surface area contributed by atoms with Crippen LogP contribution in [0.1, 0.15) is 25.0 Å². The maximum Gasteiger partial charge on any atom is 0.249 e. The minimum atomic E-state index is -0.607. The van der Waals surface area contributed by atoms with E-state index in [-0.39, 0.29) is 5.91 Å². The Bertz CT molecular complexity index is 812. The van der Waals surface area contributed by atoms with Crippen molar-refractivity contribution in [2.24, 2.45) is 5.41 Å². The largest absolute Gasteiger partial charge is 0.302 e. The molecule has 1 fully saturated rings. The predicted molar refractivity (Wildman–Crippen MR) is 81.7 cm³/mol. The zero-order chi connectivity index (χ0) is 15.0. The van der Waals surface area contributed by atoms with E-state index < -0.39 is 5.41 Å². The summed E-state index contributed by atoms with van der Waals surface area (Å²) in [4.78, 5) is 11.8.